The Bertz CT molecular complexity index is 962. The summed E-state index contributed by atoms with van der Waals surface area (Å²) in [4.78, 5) is 2.53. The summed E-state index contributed by atoms with van der Waals surface area (Å²) in [5, 5.41) is 8.17. The molecular formula is C24H28ClN3O. The van der Waals surface area contributed by atoms with E-state index in [-0.39, 0.29) is 11.8 Å². The largest absolute Gasteiger partial charge is 0.466 e. The monoisotopic (exact) mass is 409 g/mol. The topological polar surface area (TPSA) is 28.1 Å². The van der Waals surface area contributed by atoms with Crippen LogP contribution in [0, 0.1) is 6.92 Å². The molecule has 5 rings (SSSR count). The lowest BCUT2D eigenvalue weighted by molar-refractivity contribution is -0.152. The van der Waals surface area contributed by atoms with Gasteiger partial charge >= 0.3 is 0 Å². The number of likely N-dealkylation sites (tertiary alicyclic amines) is 1. The van der Waals surface area contributed by atoms with E-state index in [4.69, 9.17) is 21.4 Å². The zero-order chi connectivity index (χ0) is 20.2. The van der Waals surface area contributed by atoms with Crippen molar-refractivity contribution in [1.29, 1.82) is 0 Å². The van der Waals surface area contributed by atoms with Crippen LogP contribution in [0.1, 0.15) is 55.8 Å². The molecule has 1 atom stereocenters. The van der Waals surface area contributed by atoms with Crippen LogP contribution in [0.4, 0.5) is 0 Å². The van der Waals surface area contributed by atoms with E-state index in [0.717, 1.165) is 54.4 Å². The predicted molar refractivity (Wildman–Crippen MR) is 118 cm³/mol. The molecule has 2 aromatic rings. The summed E-state index contributed by atoms with van der Waals surface area (Å²) in [6, 6.07) is 15.3. The Morgan fingerprint density at radius 3 is 2.62 bits per heavy atom. The van der Waals surface area contributed by atoms with Crippen LogP contribution in [0.5, 0.6) is 5.75 Å². The van der Waals surface area contributed by atoms with Crippen LogP contribution >= 0.6 is 11.6 Å². The molecule has 29 heavy (non-hydrogen) atoms. The average molecular weight is 410 g/mol. The molecule has 1 fully saturated rings. The summed E-state index contributed by atoms with van der Waals surface area (Å²) >= 11 is 6.52. The summed E-state index contributed by atoms with van der Waals surface area (Å²) in [5.41, 5.74) is 4.22. The standard InChI is InChI=1S/C24H28ClN3O/c1-16(2)27-12-10-24(11-13-27)28-22(19-14-17(3)8-9-23(19)29-24)15-21(26-28)18-6-4-5-7-20(18)25/h4-9,14,16,22H,10-13,15H2,1-3H3/t22-/m1/s1. The lowest BCUT2D eigenvalue weighted by atomic mass is 9.90. The van der Waals surface area contributed by atoms with Crippen molar-refractivity contribution in [2.45, 2.75) is 57.8 Å². The van der Waals surface area contributed by atoms with Crippen molar-refractivity contribution in [3.63, 3.8) is 0 Å². The zero-order valence-corrected chi connectivity index (χ0v) is 18.1. The quantitative estimate of drug-likeness (QED) is 0.665. The predicted octanol–water partition coefficient (Wildman–Crippen LogP) is 5.39. The minimum Gasteiger partial charge on any atom is -0.466 e. The van der Waals surface area contributed by atoms with Crippen LogP contribution in [0.15, 0.2) is 47.6 Å². The second-order valence-corrected chi connectivity index (χ2v) is 9.22. The number of nitrogens with zero attached hydrogens (tertiary/aromatic N) is 3. The van der Waals surface area contributed by atoms with Crippen molar-refractivity contribution in [3.8, 4) is 5.75 Å². The van der Waals surface area contributed by atoms with E-state index in [1.165, 1.54) is 11.1 Å². The minimum atomic E-state index is -0.374. The fourth-order valence-electron chi connectivity index (χ4n) is 4.98. The van der Waals surface area contributed by atoms with E-state index in [9.17, 15) is 0 Å². The maximum absolute atomic E-state index is 6.73. The first-order valence-corrected chi connectivity index (χ1v) is 11.0. The van der Waals surface area contributed by atoms with Crippen LogP contribution in [-0.2, 0) is 0 Å². The molecule has 5 heteroatoms. The van der Waals surface area contributed by atoms with E-state index in [0.29, 0.717) is 6.04 Å². The molecule has 3 aliphatic rings. The Balaban J connectivity index is 1.56. The van der Waals surface area contributed by atoms with E-state index in [1.807, 2.05) is 18.2 Å². The SMILES string of the molecule is Cc1ccc2c(c1)[C@H]1CC(c3ccccc3Cl)=NN1C1(CCN(C(C)C)CC1)O2. The van der Waals surface area contributed by atoms with Crippen LogP contribution in [0.3, 0.4) is 0 Å². The van der Waals surface area contributed by atoms with Gasteiger partial charge in [-0.05, 0) is 32.9 Å². The Kier molecular flexibility index (Phi) is 4.60. The molecule has 0 aliphatic carbocycles. The van der Waals surface area contributed by atoms with Gasteiger partial charge < -0.3 is 9.64 Å². The van der Waals surface area contributed by atoms with E-state index in [1.54, 1.807) is 0 Å². The number of benzene rings is 2. The van der Waals surface area contributed by atoms with Crippen molar-refractivity contribution in [3.05, 3.63) is 64.2 Å². The maximum atomic E-state index is 6.73. The number of rotatable bonds is 2. The van der Waals surface area contributed by atoms with Crippen LogP contribution in [0.2, 0.25) is 5.02 Å². The fraction of sp³-hybridized carbons (Fsp3) is 0.458. The summed E-state index contributed by atoms with van der Waals surface area (Å²) in [7, 11) is 0. The van der Waals surface area contributed by atoms with E-state index >= 15 is 0 Å². The van der Waals surface area contributed by atoms with Crippen molar-refractivity contribution in [2.24, 2.45) is 5.10 Å². The van der Waals surface area contributed by atoms with Crippen molar-refractivity contribution in [1.82, 2.24) is 9.91 Å². The third kappa shape index (κ3) is 3.13. The molecule has 1 saturated heterocycles. The molecule has 1 spiro atoms. The number of hydrazone groups is 1. The first-order valence-electron chi connectivity index (χ1n) is 10.6. The van der Waals surface area contributed by atoms with Gasteiger partial charge in [-0.15, -0.1) is 0 Å². The molecule has 2 aromatic carbocycles. The smallest absolute Gasteiger partial charge is 0.200 e. The summed E-state index contributed by atoms with van der Waals surface area (Å²) in [6.45, 7) is 8.73. The Morgan fingerprint density at radius 2 is 1.90 bits per heavy atom. The highest BCUT2D eigenvalue weighted by molar-refractivity contribution is 6.34. The highest BCUT2D eigenvalue weighted by atomic mass is 35.5. The van der Waals surface area contributed by atoms with E-state index < -0.39 is 0 Å². The van der Waals surface area contributed by atoms with Gasteiger partial charge in [-0.1, -0.05) is 47.5 Å². The molecule has 0 aromatic heterocycles. The van der Waals surface area contributed by atoms with Gasteiger partial charge in [0.1, 0.15) is 5.75 Å². The van der Waals surface area contributed by atoms with Gasteiger partial charge in [0.05, 0.1) is 11.8 Å². The molecule has 0 bridgehead atoms. The summed E-state index contributed by atoms with van der Waals surface area (Å²) in [6.07, 6.45) is 2.77. The number of fused-ring (bicyclic) bond motifs is 4. The highest BCUT2D eigenvalue weighted by Crippen LogP contribution is 2.50. The number of hydrogen-bond donors (Lipinski definition) is 0. The average Bonchev–Trinajstić information content (AvgIpc) is 3.16. The molecule has 152 valence electrons. The second-order valence-electron chi connectivity index (χ2n) is 8.81. The van der Waals surface area contributed by atoms with Crippen molar-refractivity contribution in [2.75, 3.05) is 13.1 Å². The van der Waals surface area contributed by atoms with Crippen LogP contribution in [-0.4, -0.2) is 40.5 Å². The summed E-state index contributed by atoms with van der Waals surface area (Å²) < 4.78 is 6.73. The Hall–Kier alpha value is -2.04. The Labute approximate surface area is 178 Å². The number of piperidine rings is 1. The molecule has 0 amide bonds. The van der Waals surface area contributed by atoms with Gasteiger partial charge in [-0.3, -0.25) is 0 Å². The molecule has 4 nitrogen and oxygen atoms in total. The number of halogens is 1. The third-order valence-electron chi connectivity index (χ3n) is 6.65. The maximum Gasteiger partial charge on any atom is 0.200 e. The molecule has 3 heterocycles. The lowest BCUT2D eigenvalue weighted by Crippen LogP contribution is -2.59. The van der Waals surface area contributed by atoms with Gasteiger partial charge in [0.15, 0.2) is 0 Å². The van der Waals surface area contributed by atoms with Crippen LogP contribution in [0.25, 0.3) is 0 Å². The minimum absolute atomic E-state index is 0.204. The van der Waals surface area contributed by atoms with E-state index in [2.05, 4.69) is 54.9 Å². The first-order chi connectivity index (χ1) is 14.0. The van der Waals surface area contributed by atoms with Crippen LogP contribution < -0.4 is 4.74 Å². The first kappa shape index (κ1) is 19.0. The third-order valence-corrected chi connectivity index (χ3v) is 6.98. The molecule has 0 saturated carbocycles. The normalized spacial score (nSPS) is 23.0. The van der Waals surface area contributed by atoms with Crippen molar-refractivity contribution >= 4 is 17.3 Å². The second kappa shape index (κ2) is 7.03. The number of aryl methyl sites for hydroxylation is 1. The van der Waals surface area contributed by atoms with Gasteiger partial charge in [0.25, 0.3) is 0 Å². The van der Waals surface area contributed by atoms with Gasteiger partial charge in [-0.2, -0.15) is 5.10 Å². The molecular weight excluding hydrogens is 382 g/mol. The Morgan fingerprint density at radius 1 is 1.14 bits per heavy atom. The molecule has 0 unspecified atom stereocenters. The zero-order valence-electron chi connectivity index (χ0n) is 17.4. The fourth-order valence-corrected chi connectivity index (χ4v) is 5.22. The van der Waals surface area contributed by atoms with Crippen molar-refractivity contribution < 1.29 is 4.74 Å². The van der Waals surface area contributed by atoms with Gasteiger partial charge in [0.2, 0.25) is 5.72 Å². The molecule has 0 radical (unpaired) electrons. The van der Waals surface area contributed by atoms with Gasteiger partial charge in [0, 0.05) is 54.5 Å². The summed E-state index contributed by atoms with van der Waals surface area (Å²) in [5.74, 6) is 1.02. The van der Waals surface area contributed by atoms with Gasteiger partial charge in [-0.25, -0.2) is 5.01 Å². The highest BCUT2D eigenvalue weighted by Gasteiger charge is 2.52. The molecule has 3 aliphatic heterocycles. The lowest BCUT2D eigenvalue weighted by Gasteiger charge is -2.51. The number of hydrogen-bond acceptors (Lipinski definition) is 4. The molecule has 0 N–H and O–H groups in total. The number of ether oxygens (including phenoxy) is 1.